The molecular formula is C24H25F3N4O5S. The number of aromatic nitrogens is 1. The zero-order valence-corrected chi connectivity index (χ0v) is 20.9. The van der Waals surface area contributed by atoms with E-state index in [1.54, 1.807) is 6.92 Å². The van der Waals surface area contributed by atoms with Gasteiger partial charge >= 0.3 is 5.97 Å². The Morgan fingerprint density at radius 2 is 1.95 bits per heavy atom. The van der Waals surface area contributed by atoms with Gasteiger partial charge in [-0.25, -0.2) is 31.4 Å². The lowest BCUT2D eigenvalue weighted by atomic mass is 9.96. The van der Waals surface area contributed by atoms with E-state index in [0.717, 1.165) is 12.1 Å². The first-order valence-electron chi connectivity index (χ1n) is 11.4. The van der Waals surface area contributed by atoms with Crippen LogP contribution in [0.5, 0.6) is 0 Å². The van der Waals surface area contributed by atoms with Crippen LogP contribution in [-0.2, 0) is 25.3 Å². The second-order valence-corrected chi connectivity index (χ2v) is 10.2. The van der Waals surface area contributed by atoms with Crippen LogP contribution < -0.4 is 9.62 Å². The Hall–Kier alpha value is -3.66. The van der Waals surface area contributed by atoms with E-state index in [9.17, 15) is 36.4 Å². The van der Waals surface area contributed by atoms with Gasteiger partial charge in [0.2, 0.25) is 15.9 Å². The number of nitrogens with zero attached hydrogens (tertiary/aromatic N) is 3. The van der Waals surface area contributed by atoms with Gasteiger partial charge in [-0.15, -0.1) is 0 Å². The van der Waals surface area contributed by atoms with Crippen LogP contribution in [0.15, 0.2) is 24.3 Å². The van der Waals surface area contributed by atoms with E-state index in [1.165, 1.54) is 24.0 Å². The number of ether oxygens (including phenoxy) is 1. The quantitative estimate of drug-likeness (QED) is 0.507. The number of anilines is 1. The zero-order valence-electron chi connectivity index (χ0n) is 20.1. The number of piperidine rings is 1. The van der Waals surface area contributed by atoms with Crippen molar-refractivity contribution in [3.05, 3.63) is 58.0 Å². The van der Waals surface area contributed by atoms with E-state index < -0.39 is 57.1 Å². The molecule has 1 amide bonds. The van der Waals surface area contributed by atoms with Crippen LogP contribution in [0.25, 0.3) is 0 Å². The maximum atomic E-state index is 14.0. The summed E-state index contributed by atoms with van der Waals surface area (Å²) >= 11 is 0. The number of halogens is 3. The molecule has 1 saturated heterocycles. The Balaban J connectivity index is 1.71. The summed E-state index contributed by atoms with van der Waals surface area (Å²) in [5, 5.41) is 9.53. The number of hydrogen-bond acceptors (Lipinski definition) is 8. The van der Waals surface area contributed by atoms with Gasteiger partial charge in [-0.1, -0.05) is 17.7 Å². The van der Waals surface area contributed by atoms with Crippen LogP contribution in [0.3, 0.4) is 0 Å². The number of nitriles is 1. The lowest BCUT2D eigenvalue weighted by Gasteiger charge is -2.33. The molecule has 0 atom stereocenters. The molecule has 198 valence electrons. The molecule has 13 heteroatoms. The fourth-order valence-corrected chi connectivity index (χ4v) is 5.20. The van der Waals surface area contributed by atoms with Crippen LogP contribution in [0, 0.1) is 30.0 Å². The summed E-state index contributed by atoms with van der Waals surface area (Å²) in [6.45, 7) is 3.39. The molecule has 1 aromatic carbocycles. The van der Waals surface area contributed by atoms with Gasteiger partial charge in [0.05, 0.1) is 23.5 Å². The first-order chi connectivity index (χ1) is 17.5. The van der Waals surface area contributed by atoms with Gasteiger partial charge in [-0.3, -0.25) is 9.52 Å². The van der Waals surface area contributed by atoms with E-state index in [1.807, 2.05) is 10.8 Å². The summed E-state index contributed by atoms with van der Waals surface area (Å²) in [4.78, 5) is 30.1. The monoisotopic (exact) mass is 538 g/mol. The number of hydrogen-bond donors (Lipinski definition) is 1. The SMILES string of the molecule is CCOC(=O)c1cc(C#N)c(N2CCC(C(=O)NS(=O)(=O)Cc3cc(C)ccc3F)CC2)nc1C(F)F. The summed E-state index contributed by atoms with van der Waals surface area (Å²) in [6, 6.07) is 6.90. The van der Waals surface area contributed by atoms with Crippen LogP contribution in [-0.4, -0.2) is 45.0 Å². The number of rotatable bonds is 8. The zero-order chi connectivity index (χ0) is 27.3. The number of sulfonamides is 1. The highest BCUT2D eigenvalue weighted by Crippen LogP contribution is 2.30. The molecule has 2 aromatic rings. The largest absolute Gasteiger partial charge is 0.462 e. The smallest absolute Gasteiger partial charge is 0.340 e. The molecule has 9 nitrogen and oxygen atoms in total. The Labute approximate surface area is 212 Å². The van der Waals surface area contributed by atoms with Crippen molar-refractivity contribution in [3.63, 3.8) is 0 Å². The molecule has 1 aliphatic heterocycles. The van der Waals surface area contributed by atoms with E-state index in [0.29, 0.717) is 5.56 Å². The molecule has 0 saturated carbocycles. The number of alkyl halides is 2. The molecule has 0 aliphatic carbocycles. The minimum Gasteiger partial charge on any atom is -0.462 e. The fraction of sp³-hybridized carbons (Fsp3) is 0.417. The van der Waals surface area contributed by atoms with Crippen molar-refractivity contribution in [2.24, 2.45) is 5.92 Å². The summed E-state index contributed by atoms with van der Waals surface area (Å²) in [5.74, 6) is -3.96. The maximum Gasteiger partial charge on any atom is 0.340 e. The van der Waals surface area contributed by atoms with Gasteiger partial charge in [0.25, 0.3) is 6.43 Å². The first-order valence-corrected chi connectivity index (χ1v) is 13.1. The summed E-state index contributed by atoms with van der Waals surface area (Å²) in [7, 11) is -4.17. The number of nitrogens with one attached hydrogen (secondary N) is 1. The fourth-order valence-electron chi connectivity index (χ4n) is 4.02. The Kier molecular flexibility index (Phi) is 8.75. The van der Waals surface area contributed by atoms with Crippen molar-refractivity contribution in [3.8, 4) is 6.07 Å². The number of carbonyl (C=O) groups excluding carboxylic acids is 2. The lowest BCUT2D eigenvalue weighted by Crippen LogP contribution is -2.43. The first kappa shape index (κ1) is 27.9. The summed E-state index contributed by atoms with van der Waals surface area (Å²) in [5.41, 5.74) is -0.825. The summed E-state index contributed by atoms with van der Waals surface area (Å²) < 4.78 is 72.9. The standard InChI is InChI=1S/C24H25F3N4O5S/c1-3-36-24(33)18-11-16(12-28)22(29-20(18)21(26)27)31-8-6-15(7-9-31)23(32)30-37(34,35)13-17-10-14(2)4-5-19(17)25/h4-5,10-11,15,21H,3,6-9,13H2,1-2H3,(H,30,32). The molecule has 0 radical (unpaired) electrons. The Morgan fingerprint density at radius 1 is 1.27 bits per heavy atom. The molecule has 3 rings (SSSR count). The predicted octanol–water partition coefficient (Wildman–Crippen LogP) is 3.38. The minimum absolute atomic E-state index is 0.0453. The molecule has 1 fully saturated rings. The van der Waals surface area contributed by atoms with Gasteiger partial charge < -0.3 is 9.64 Å². The van der Waals surface area contributed by atoms with Gasteiger partial charge in [0.1, 0.15) is 23.4 Å². The molecular weight excluding hydrogens is 513 g/mol. The van der Waals surface area contributed by atoms with E-state index in [-0.39, 0.29) is 49.5 Å². The van der Waals surface area contributed by atoms with Crippen LogP contribution >= 0.6 is 0 Å². The second kappa shape index (κ2) is 11.6. The Bertz CT molecular complexity index is 1340. The highest BCUT2D eigenvalue weighted by molar-refractivity contribution is 7.89. The topological polar surface area (TPSA) is 129 Å². The van der Waals surface area contributed by atoms with Crippen molar-refractivity contribution < 1.29 is 35.9 Å². The van der Waals surface area contributed by atoms with E-state index in [4.69, 9.17) is 4.74 Å². The number of amides is 1. The van der Waals surface area contributed by atoms with Gasteiger partial charge in [-0.2, -0.15) is 5.26 Å². The van der Waals surface area contributed by atoms with Gasteiger partial charge in [-0.05, 0) is 38.8 Å². The number of esters is 1. The van der Waals surface area contributed by atoms with Crippen molar-refractivity contribution in [1.82, 2.24) is 9.71 Å². The third-order valence-electron chi connectivity index (χ3n) is 5.82. The average Bonchev–Trinajstić information content (AvgIpc) is 2.85. The number of pyridine rings is 1. The van der Waals surface area contributed by atoms with Crippen molar-refractivity contribution in [2.45, 2.75) is 38.9 Å². The normalized spacial score (nSPS) is 14.4. The third-order valence-corrected chi connectivity index (χ3v) is 7.03. The molecule has 2 heterocycles. The molecule has 0 spiro atoms. The molecule has 1 aliphatic rings. The summed E-state index contributed by atoms with van der Waals surface area (Å²) in [6.07, 6.45) is -2.80. The highest BCUT2D eigenvalue weighted by Gasteiger charge is 2.31. The number of aryl methyl sites for hydroxylation is 1. The molecule has 1 aromatic heterocycles. The van der Waals surface area contributed by atoms with Gasteiger partial charge in [0.15, 0.2) is 0 Å². The van der Waals surface area contributed by atoms with Crippen LogP contribution in [0.4, 0.5) is 19.0 Å². The van der Waals surface area contributed by atoms with Crippen molar-refractivity contribution in [1.29, 1.82) is 5.26 Å². The van der Waals surface area contributed by atoms with E-state index >= 15 is 0 Å². The average molecular weight is 539 g/mol. The molecule has 1 N–H and O–H groups in total. The van der Waals surface area contributed by atoms with E-state index in [2.05, 4.69) is 4.98 Å². The second-order valence-electron chi connectivity index (χ2n) is 8.51. The van der Waals surface area contributed by atoms with Gasteiger partial charge in [0, 0.05) is 24.6 Å². The lowest BCUT2D eigenvalue weighted by molar-refractivity contribution is -0.123. The van der Waals surface area contributed by atoms with Crippen LogP contribution in [0.1, 0.15) is 58.9 Å². The highest BCUT2D eigenvalue weighted by atomic mass is 32.2. The Morgan fingerprint density at radius 3 is 2.54 bits per heavy atom. The molecule has 0 bridgehead atoms. The number of carbonyl (C=O) groups is 2. The van der Waals surface area contributed by atoms with Crippen molar-refractivity contribution >= 4 is 27.7 Å². The van der Waals surface area contributed by atoms with Crippen molar-refractivity contribution in [2.75, 3.05) is 24.6 Å². The maximum absolute atomic E-state index is 14.0. The number of benzene rings is 1. The van der Waals surface area contributed by atoms with Crippen LogP contribution in [0.2, 0.25) is 0 Å². The molecule has 37 heavy (non-hydrogen) atoms. The minimum atomic E-state index is -4.17. The molecule has 0 unspecified atom stereocenters. The predicted molar refractivity (Wildman–Crippen MR) is 127 cm³/mol. The third kappa shape index (κ3) is 6.76.